The number of nitrogens with one attached hydrogen (secondary N) is 2. The lowest BCUT2D eigenvalue weighted by Crippen LogP contribution is -2.39. The molecule has 0 unspecified atom stereocenters. The molecule has 2 N–H and O–H groups in total. The minimum absolute atomic E-state index is 0.459. The molecule has 0 amide bonds. The Balaban J connectivity index is 1.56. The number of rotatable bonds is 11. The molecular formula is C20H33N3O2. The summed E-state index contributed by atoms with van der Waals surface area (Å²) in [5.41, 5.74) is 1.25. The van der Waals surface area contributed by atoms with E-state index in [0.29, 0.717) is 19.1 Å². The Morgan fingerprint density at radius 1 is 1.16 bits per heavy atom. The molecule has 1 fully saturated rings. The number of hydrogen-bond donors (Lipinski definition) is 2. The molecule has 5 nitrogen and oxygen atoms in total. The fourth-order valence-electron chi connectivity index (χ4n) is 2.56. The molecule has 0 atom stereocenters. The van der Waals surface area contributed by atoms with Crippen LogP contribution < -0.4 is 15.4 Å². The Morgan fingerprint density at radius 3 is 2.64 bits per heavy atom. The number of guanidine groups is 1. The lowest BCUT2D eigenvalue weighted by Gasteiger charge is -2.15. The highest BCUT2D eigenvalue weighted by Gasteiger charge is 2.20. The van der Waals surface area contributed by atoms with Crippen molar-refractivity contribution in [2.24, 2.45) is 10.9 Å². The first-order valence-corrected chi connectivity index (χ1v) is 9.44. The van der Waals surface area contributed by atoms with Gasteiger partial charge >= 0.3 is 0 Å². The van der Waals surface area contributed by atoms with E-state index in [1.54, 1.807) is 7.05 Å². The van der Waals surface area contributed by atoms with Gasteiger partial charge in [0.2, 0.25) is 0 Å². The minimum Gasteiger partial charge on any atom is -0.491 e. The largest absolute Gasteiger partial charge is 0.491 e. The summed E-state index contributed by atoms with van der Waals surface area (Å²) in [4.78, 5) is 4.23. The minimum atomic E-state index is 0.459. The second-order valence-corrected chi connectivity index (χ2v) is 6.84. The molecular weight excluding hydrogens is 314 g/mol. The molecule has 1 aromatic rings. The van der Waals surface area contributed by atoms with Crippen molar-refractivity contribution in [2.75, 3.05) is 40.0 Å². The van der Waals surface area contributed by atoms with Crippen molar-refractivity contribution in [3.8, 4) is 5.75 Å². The third-order valence-electron chi connectivity index (χ3n) is 4.23. The molecule has 1 aliphatic rings. The summed E-state index contributed by atoms with van der Waals surface area (Å²) in [7, 11) is 1.79. The van der Waals surface area contributed by atoms with E-state index in [2.05, 4.69) is 41.6 Å². The van der Waals surface area contributed by atoms with E-state index in [4.69, 9.17) is 9.47 Å². The van der Waals surface area contributed by atoms with Gasteiger partial charge in [-0.15, -0.1) is 0 Å². The first kappa shape index (κ1) is 19.6. The Labute approximate surface area is 152 Å². The highest BCUT2D eigenvalue weighted by Crippen LogP contribution is 2.28. The average molecular weight is 348 g/mol. The van der Waals surface area contributed by atoms with Crippen LogP contribution in [0.1, 0.15) is 44.6 Å². The Hall–Kier alpha value is -1.75. The molecule has 0 aromatic heterocycles. The number of nitrogens with zero attached hydrogens (tertiary/aromatic N) is 1. The van der Waals surface area contributed by atoms with E-state index in [9.17, 15) is 0 Å². The molecule has 25 heavy (non-hydrogen) atoms. The summed E-state index contributed by atoms with van der Waals surface area (Å²) < 4.78 is 11.5. The van der Waals surface area contributed by atoms with E-state index in [1.807, 2.05) is 12.1 Å². The fraction of sp³-hybridized carbons (Fsp3) is 0.650. The van der Waals surface area contributed by atoms with Gasteiger partial charge < -0.3 is 20.1 Å². The third-order valence-corrected chi connectivity index (χ3v) is 4.23. The SMILES string of the molecule is CN=C(NCCCOCC1CC1)NCCOc1ccccc1C(C)C. The average Bonchev–Trinajstić information content (AvgIpc) is 3.44. The molecule has 140 valence electrons. The van der Waals surface area contributed by atoms with Gasteiger partial charge in [0.25, 0.3) is 0 Å². The maximum Gasteiger partial charge on any atom is 0.191 e. The molecule has 0 spiro atoms. The molecule has 0 saturated heterocycles. The lowest BCUT2D eigenvalue weighted by atomic mass is 10.0. The van der Waals surface area contributed by atoms with Crippen LogP contribution in [0.3, 0.4) is 0 Å². The van der Waals surface area contributed by atoms with E-state index < -0.39 is 0 Å². The standard InChI is InChI=1S/C20H33N3O2/c1-16(2)18-7-4-5-8-19(18)25-14-12-23-20(21-3)22-11-6-13-24-15-17-9-10-17/h4-5,7-8,16-17H,6,9-15H2,1-3H3,(H2,21,22,23). The van der Waals surface area contributed by atoms with Gasteiger partial charge in [0.05, 0.1) is 6.54 Å². The first-order chi connectivity index (χ1) is 12.2. The molecule has 0 heterocycles. The summed E-state index contributed by atoms with van der Waals surface area (Å²) in [6.45, 7) is 8.29. The number of hydrogen-bond acceptors (Lipinski definition) is 3. The van der Waals surface area contributed by atoms with Crippen molar-refractivity contribution in [3.63, 3.8) is 0 Å². The topological polar surface area (TPSA) is 54.9 Å². The van der Waals surface area contributed by atoms with Gasteiger partial charge in [0.1, 0.15) is 12.4 Å². The second kappa shape index (κ2) is 11.0. The normalized spacial score (nSPS) is 14.6. The number of aliphatic imine (C=N–C) groups is 1. The molecule has 1 saturated carbocycles. The van der Waals surface area contributed by atoms with E-state index >= 15 is 0 Å². The third kappa shape index (κ3) is 7.78. The summed E-state index contributed by atoms with van der Waals surface area (Å²) in [5, 5.41) is 6.59. The first-order valence-electron chi connectivity index (χ1n) is 9.44. The Morgan fingerprint density at radius 2 is 1.92 bits per heavy atom. The van der Waals surface area contributed by atoms with Gasteiger partial charge in [-0.3, -0.25) is 4.99 Å². The van der Waals surface area contributed by atoms with Gasteiger partial charge in [0.15, 0.2) is 5.96 Å². The van der Waals surface area contributed by atoms with Crippen LogP contribution in [0, 0.1) is 5.92 Å². The monoisotopic (exact) mass is 347 g/mol. The molecule has 1 aromatic carbocycles. The maximum atomic E-state index is 5.91. The zero-order chi connectivity index (χ0) is 17.9. The van der Waals surface area contributed by atoms with Crippen LogP contribution in [0.5, 0.6) is 5.75 Å². The van der Waals surface area contributed by atoms with Crippen LogP contribution >= 0.6 is 0 Å². The summed E-state index contributed by atoms with van der Waals surface area (Å²) in [5.74, 6) is 3.07. The summed E-state index contributed by atoms with van der Waals surface area (Å²) in [6, 6.07) is 8.23. The Bertz CT molecular complexity index is 527. The van der Waals surface area contributed by atoms with E-state index in [1.165, 1.54) is 18.4 Å². The van der Waals surface area contributed by atoms with Crippen LogP contribution in [0.4, 0.5) is 0 Å². The maximum absolute atomic E-state index is 5.91. The summed E-state index contributed by atoms with van der Waals surface area (Å²) in [6.07, 6.45) is 3.68. The predicted molar refractivity (Wildman–Crippen MR) is 104 cm³/mol. The van der Waals surface area contributed by atoms with Crippen molar-refractivity contribution < 1.29 is 9.47 Å². The van der Waals surface area contributed by atoms with Crippen LogP contribution in [0.2, 0.25) is 0 Å². The van der Waals surface area contributed by atoms with Crippen LogP contribution in [-0.2, 0) is 4.74 Å². The predicted octanol–water partition coefficient (Wildman–Crippen LogP) is 3.17. The zero-order valence-corrected chi connectivity index (χ0v) is 15.9. The molecule has 0 radical (unpaired) electrons. The van der Waals surface area contributed by atoms with E-state index in [0.717, 1.165) is 43.8 Å². The number of para-hydroxylation sites is 1. The summed E-state index contributed by atoms with van der Waals surface area (Å²) >= 11 is 0. The number of benzene rings is 1. The second-order valence-electron chi connectivity index (χ2n) is 6.84. The van der Waals surface area contributed by atoms with Gasteiger partial charge in [0, 0.05) is 26.8 Å². The van der Waals surface area contributed by atoms with Crippen molar-refractivity contribution >= 4 is 5.96 Å². The van der Waals surface area contributed by atoms with Crippen molar-refractivity contribution in [1.82, 2.24) is 10.6 Å². The van der Waals surface area contributed by atoms with Gasteiger partial charge in [-0.05, 0) is 42.7 Å². The Kier molecular flexibility index (Phi) is 8.60. The molecule has 0 aliphatic heterocycles. The number of ether oxygens (including phenoxy) is 2. The van der Waals surface area contributed by atoms with Gasteiger partial charge in [-0.1, -0.05) is 32.0 Å². The zero-order valence-electron chi connectivity index (χ0n) is 15.9. The van der Waals surface area contributed by atoms with Crippen molar-refractivity contribution in [1.29, 1.82) is 0 Å². The molecule has 5 heteroatoms. The van der Waals surface area contributed by atoms with Crippen LogP contribution in [-0.4, -0.2) is 45.9 Å². The van der Waals surface area contributed by atoms with Gasteiger partial charge in [-0.2, -0.15) is 0 Å². The smallest absolute Gasteiger partial charge is 0.191 e. The van der Waals surface area contributed by atoms with E-state index in [-0.39, 0.29) is 0 Å². The molecule has 1 aliphatic carbocycles. The molecule has 0 bridgehead atoms. The van der Waals surface area contributed by atoms with Crippen LogP contribution in [0.15, 0.2) is 29.3 Å². The fourth-order valence-corrected chi connectivity index (χ4v) is 2.56. The quantitative estimate of drug-likeness (QED) is 0.367. The van der Waals surface area contributed by atoms with Crippen molar-refractivity contribution in [3.05, 3.63) is 29.8 Å². The van der Waals surface area contributed by atoms with Crippen molar-refractivity contribution in [2.45, 2.75) is 39.0 Å². The molecule has 2 rings (SSSR count). The van der Waals surface area contributed by atoms with Gasteiger partial charge in [-0.25, -0.2) is 0 Å². The lowest BCUT2D eigenvalue weighted by molar-refractivity contribution is 0.123. The highest BCUT2D eigenvalue weighted by atomic mass is 16.5. The highest BCUT2D eigenvalue weighted by molar-refractivity contribution is 5.79. The van der Waals surface area contributed by atoms with Crippen LogP contribution in [0.25, 0.3) is 0 Å².